The molecule has 1 aliphatic heterocycles. The standard InChI is InChI=1S/C17H25NO2.C10H14.C4H6O.CH5N/c1-4-10-17(11-5-2)13-18(16(19)20-17)12-15-8-6-14(3)7-9-15;1-2-3-7-10-8-5-4-6-9-10;5-3-4-1-2-4;1-2/h6-9H,4-5,10-13H2,1-3H3;4-6,8-9H,2-3,7H2,1H3;3-4H,1-2H2;2H2,1H3. The van der Waals surface area contributed by atoms with Crippen LogP contribution in [0.2, 0.25) is 0 Å². The summed E-state index contributed by atoms with van der Waals surface area (Å²) in [5.74, 6) is 0.454. The Labute approximate surface area is 225 Å². The molecule has 1 heterocycles. The predicted octanol–water partition coefficient (Wildman–Crippen LogP) is 7.49. The van der Waals surface area contributed by atoms with Gasteiger partial charge >= 0.3 is 6.09 Å². The zero-order valence-electron chi connectivity index (χ0n) is 23.9. The van der Waals surface area contributed by atoms with Gasteiger partial charge in [-0.1, -0.05) is 100 Å². The molecule has 1 saturated carbocycles. The van der Waals surface area contributed by atoms with Gasteiger partial charge in [-0.3, -0.25) is 4.90 Å². The van der Waals surface area contributed by atoms with Crippen LogP contribution in [0.1, 0.15) is 88.8 Å². The van der Waals surface area contributed by atoms with Gasteiger partial charge in [-0.25, -0.2) is 4.79 Å². The van der Waals surface area contributed by atoms with Gasteiger partial charge in [0.15, 0.2) is 0 Å². The Morgan fingerprint density at radius 1 is 0.919 bits per heavy atom. The first-order chi connectivity index (χ1) is 17.9. The van der Waals surface area contributed by atoms with Crippen molar-refractivity contribution in [1.29, 1.82) is 0 Å². The molecular formula is C32H50N2O3. The number of ether oxygens (including phenoxy) is 1. The van der Waals surface area contributed by atoms with Crippen LogP contribution in [-0.2, 0) is 22.5 Å². The normalized spacial score (nSPS) is 15.2. The Balaban J connectivity index is 0.000000331. The lowest BCUT2D eigenvalue weighted by atomic mass is 9.92. The van der Waals surface area contributed by atoms with Gasteiger partial charge in [0.05, 0.1) is 6.54 Å². The fourth-order valence-electron chi connectivity index (χ4n) is 4.28. The highest BCUT2D eigenvalue weighted by molar-refractivity contribution is 5.70. The maximum atomic E-state index is 12.1. The quantitative estimate of drug-likeness (QED) is 0.336. The van der Waals surface area contributed by atoms with Crippen molar-refractivity contribution >= 4 is 12.4 Å². The number of hydrogen-bond donors (Lipinski definition) is 1. The molecule has 0 spiro atoms. The van der Waals surface area contributed by atoms with Crippen molar-refractivity contribution in [2.45, 2.75) is 97.6 Å². The van der Waals surface area contributed by atoms with Gasteiger partial charge in [0.2, 0.25) is 0 Å². The van der Waals surface area contributed by atoms with E-state index in [4.69, 9.17) is 4.74 Å². The molecule has 2 fully saturated rings. The maximum absolute atomic E-state index is 12.1. The van der Waals surface area contributed by atoms with Gasteiger partial charge in [0.1, 0.15) is 11.9 Å². The summed E-state index contributed by atoms with van der Waals surface area (Å²) in [6, 6.07) is 19.0. The summed E-state index contributed by atoms with van der Waals surface area (Å²) in [5.41, 5.74) is 8.11. The molecule has 4 rings (SSSR count). The molecule has 2 aromatic rings. The molecule has 0 unspecified atom stereocenters. The Morgan fingerprint density at radius 3 is 1.97 bits per heavy atom. The summed E-state index contributed by atoms with van der Waals surface area (Å²) < 4.78 is 5.73. The number of nitrogens with zero attached hydrogens (tertiary/aromatic N) is 1. The third-order valence-electron chi connectivity index (χ3n) is 6.42. The Bertz CT molecular complexity index is 857. The fraction of sp³-hybridized carbons (Fsp3) is 0.562. The van der Waals surface area contributed by atoms with Gasteiger partial charge in [-0.2, -0.15) is 0 Å². The minimum atomic E-state index is -0.259. The summed E-state index contributed by atoms with van der Waals surface area (Å²) in [4.78, 5) is 23.5. The number of amides is 1. The number of aryl methyl sites for hydroxylation is 2. The van der Waals surface area contributed by atoms with Crippen molar-refractivity contribution in [1.82, 2.24) is 4.90 Å². The molecule has 1 saturated heterocycles. The molecule has 37 heavy (non-hydrogen) atoms. The molecular weight excluding hydrogens is 460 g/mol. The van der Waals surface area contributed by atoms with Crippen LogP contribution in [0.4, 0.5) is 4.79 Å². The van der Waals surface area contributed by atoms with Crippen LogP contribution in [0.5, 0.6) is 0 Å². The number of carbonyl (C=O) groups excluding carboxylic acids is 2. The van der Waals surface area contributed by atoms with Crippen LogP contribution in [0, 0.1) is 12.8 Å². The molecule has 0 radical (unpaired) electrons. The van der Waals surface area contributed by atoms with E-state index in [1.807, 2.05) is 4.90 Å². The largest absolute Gasteiger partial charge is 0.441 e. The van der Waals surface area contributed by atoms with Crippen molar-refractivity contribution in [3.05, 3.63) is 71.3 Å². The molecule has 0 bridgehead atoms. The minimum Gasteiger partial charge on any atom is -0.441 e. The number of aldehydes is 1. The Kier molecular flexibility index (Phi) is 16.2. The third-order valence-corrected chi connectivity index (χ3v) is 6.42. The number of carbonyl (C=O) groups is 2. The summed E-state index contributed by atoms with van der Waals surface area (Å²) >= 11 is 0. The highest BCUT2D eigenvalue weighted by atomic mass is 16.6. The van der Waals surface area contributed by atoms with Gasteiger partial charge < -0.3 is 15.3 Å². The van der Waals surface area contributed by atoms with Gasteiger partial charge in [-0.15, -0.1) is 0 Å². The smallest absolute Gasteiger partial charge is 0.410 e. The van der Waals surface area contributed by atoms with E-state index in [0.29, 0.717) is 12.5 Å². The lowest BCUT2D eigenvalue weighted by Crippen LogP contribution is -2.34. The summed E-state index contributed by atoms with van der Waals surface area (Å²) in [5, 5.41) is 0. The van der Waals surface area contributed by atoms with Gasteiger partial charge in [0.25, 0.3) is 0 Å². The van der Waals surface area contributed by atoms with Crippen LogP contribution in [-0.4, -0.2) is 36.5 Å². The number of cyclic esters (lactones) is 1. The first-order valence-corrected chi connectivity index (χ1v) is 14.1. The van der Waals surface area contributed by atoms with E-state index in [0.717, 1.165) is 56.9 Å². The third kappa shape index (κ3) is 12.9. The molecule has 2 aromatic carbocycles. The van der Waals surface area contributed by atoms with E-state index in [1.165, 1.54) is 37.4 Å². The van der Waals surface area contributed by atoms with E-state index in [1.54, 1.807) is 0 Å². The number of nitrogens with two attached hydrogens (primary N) is 1. The summed E-state index contributed by atoms with van der Waals surface area (Å²) in [6.07, 6.45) is 11.0. The number of hydrogen-bond acceptors (Lipinski definition) is 4. The van der Waals surface area contributed by atoms with Crippen LogP contribution in [0.3, 0.4) is 0 Å². The Morgan fingerprint density at radius 2 is 1.51 bits per heavy atom. The van der Waals surface area contributed by atoms with Crippen molar-refractivity contribution in [3.8, 4) is 0 Å². The van der Waals surface area contributed by atoms with Gasteiger partial charge in [-0.05, 0) is 63.6 Å². The summed E-state index contributed by atoms with van der Waals surface area (Å²) in [7, 11) is 1.50. The average Bonchev–Trinajstić information content (AvgIpc) is 3.71. The van der Waals surface area contributed by atoms with Crippen molar-refractivity contribution in [2.24, 2.45) is 11.7 Å². The van der Waals surface area contributed by atoms with Crippen LogP contribution >= 0.6 is 0 Å². The molecule has 1 amide bonds. The van der Waals surface area contributed by atoms with E-state index >= 15 is 0 Å². The van der Waals surface area contributed by atoms with E-state index < -0.39 is 0 Å². The topological polar surface area (TPSA) is 72.6 Å². The molecule has 1 aliphatic carbocycles. The molecule has 5 nitrogen and oxygen atoms in total. The number of unbranched alkanes of at least 4 members (excludes halogenated alkanes) is 1. The Hall–Kier alpha value is -2.66. The van der Waals surface area contributed by atoms with E-state index in [9.17, 15) is 9.59 Å². The second-order valence-corrected chi connectivity index (χ2v) is 9.96. The highest BCUT2D eigenvalue weighted by Crippen LogP contribution is 2.32. The lowest BCUT2D eigenvalue weighted by Gasteiger charge is -2.26. The first kappa shape index (κ1) is 32.4. The van der Waals surface area contributed by atoms with Crippen molar-refractivity contribution in [3.63, 3.8) is 0 Å². The number of rotatable bonds is 10. The summed E-state index contributed by atoms with van der Waals surface area (Å²) in [6.45, 7) is 9.96. The fourth-order valence-corrected chi connectivity index (χ4v) is 4.28. The molecule has 0 atom stereocenters. The monoisotopic (exact) mass is 510 g/mol. The van der Waals surface area contributed by atoms with E-state index in [2.05, 4.69) is 88.0 Å². The second kappa shape index (κ2) is 18.6. The van der Waals surface area contributed by atoms with Crippen LogP contribution in [0.15, 0.2) is 54.6 Å². The SMILES string of the molecule is CCCC1(CCC)CN(Cc2ccc(C)cc2)C(=O)O1.CCCCc1ccccc1.CN.O=CC1CC1. The molecule has 5 heteroatoms. The average molecular weight is 511 g/mol. The molecule has 206 valence electrons. The van der Waals surface area contributed by atoms with Crippen LogP contribution in [0.25, 0.3) is 0 Å². The number of benzene rings is 2. The lowest BCUT2D eigenvalue weighted by molar-refractivity contribution is -0.108. The zero-order valence-corrected chi connectivity index (χ0v) is 23.9. The van der Waals surface area contributed by atoms with Crippen molar-refractivity contribution < 1.29 is 14.3 Å². The van der Waals surface area contributed by atoms with Crippen LogP contribution < -0.4 is 5.73 Å². The molecule has 0 aromatic heterocycles. The highest BCUT2D eigenvalue weighted by Gasteiger charge is 2.43. The molecule has 2 N–H and O–H groups in total. The van der Waals surface area contributed by atoms with Gasteiger partial charge in [0, 0.05) is 12.5 Å². The zero-order chi connectivity index (χ0) is 27.5. The second-order valence-electron chi connectivity index (χ2n) is 9.96. The first-order valence-electron chi connectivity index (χ1n) is 14.1. The minimum absolute atomic E-state index is 0.160. The molecule has 2 aliphatic rings. The maximum Gasteiger partial charge on any atom is 0.410 e. The van der Waals surface area contributed by atoms with Crippen molar-refractivity contribution in [2.75, 3.05) is 13.6 Å². The van der Waals surface area contributed by atoms with E-state index in [-0.39, 0.29) is 11.7 Å². The predicted molar refractivity (Wildman–Crippen MR) is 155 cm³/mol.